The Morgan fingerprint density at radius 3 is 1.81 bits per heavy atom. The molecule has 0 heterocycles. The lowest BCUT2D eigenvalue weighted by molar-refractivity contribution is 0.105. The molecule has 2 heteroatoms. The summed E-state index contributed by atoms with van der Waals surface area (Å²) in [4.78, 5) is 12.8. The Kier molecular flexibility index (Phi) is 4.59. The van der Waals surface area contributed by atoms with E-state index in [0.717, 1.165) is 5.56 Å². The van der Waals surface area contributed by atoms with Gasteiger partial charge < -0.3 is 5.32 Å². The number of carbonyl (C=O) groups is 1. The number of hydrogen-bond donors (Lipinski definition) is 1. The van der Waals surface area contributed by atoms with E-state index in [2.05, 4.69) is 26.1 Å². The fourth-order valence-corrected chi connectivity index (χ4v) is 1.93. The fourth-order valence-electron chi connectivity index (χ4n) is 1.93. The Balaban J connectivity index is 2.39. The maximum Gasteiger partial charge on any atom is 0.195 e. The summed E-state index contributed by atoms with van der Waals surface area (Å²) in [7, 11) is 0. The quantitative estimate of drug-likeness (QED) is 0.668. The van der Waals surface area contributed by atoms with Crippen LogP contribution in [0.25, 0.3) is 5.57 Å². The largest absolute Gasteiger partial charge is 0.386 e. The first-order chi connectivity index (χ1) is 9.97. The van der Waals surface area contributed by atoms with Crippen LogP contribution in [-0.4, -0.2) is 11.3 Å². The predicted molar refractivity (Wildman–Crippen MR) is 88.1 cm³/mol. The van der Waals surface area contributed by atoms with Gasteiger partial charge in [-0.05, 0) is 26.3 Å². The molecule has 2 nitrogen and oxygen atoms in total. The van der Waals surface area contributed by atoms with Crippen molar-refractivity contribution < 1.29 is 4.79 Å². The van der Waals surface area contributed by atoms with E-state index in [1.54, 1.807) is 0 Å². The maximum atomic E-state index is 12.8. The van der Waals surface area contributed by atoms with Gasteiger partial charge in [-0.25, -0.2) is 0 Å². The molecular formula is C19H21NO. The van der Waals surface area contributed by atoms with E-state index in [9.17, 15) is 4.79 Å². The van der Waals surface area contributed by atoms with Gasteiger partial charge in [-0.1, -0.05) is 60.7 Å². The minimum atomic E-state index is -0.0863. The lowest BCUT2D eigenvalue weighted by Crippen LogP contribution is -2.31. The first-order valence-electron chi connectivity index (χ1n) is 7.10. The number of benzene rings is 2. The van der Waals surface area contributed by atoms with E-state index in [1.165, 1.54) is 0 Å². The summed E-state index contributed by atoms with van der Waals surface area (Å²) in [6.07, 6.45) is 1.82. The number of rotatable bonds is 4. The van der Waals surface area contributed by atoms with Crippen molar-refractivity contribution in [1.82, 2.24) is 5.32 Å². The highest BCUT2D eigenvalue weighted by molar-refractivity contribution is 6.28. The van der Waals surface area contributed by atoms with E-state index < -0.39 is 0 Å². The number of ketones is 1. The SMILES string of the molecule is CC(C)(C)N/C=C(\C(=O)c1ccccc1)c1ccccc1. The molecule has 21 heavy (non-hydrogen) atoms. The van der Waals surface area contributed by atoms with Crippen LogP contribution < -0.4 is 5.32 Å². The highest BCUT2D eigenvalue weighted by atomic mass is 16.1. The molecule has 0 aliphatic rings. The van der Waals surface area contributed by atoms with Gasteiger partial charge in [-0.3, -0.25) is 4.79 Å². The van der Waals surface area contributed by atoms with Crippen molar-refractivity contribution in [2.24, 2.45) is 0 Å². The molecule has 0 aromatic heterocycles. The molecule has 0 aliphatic carbocycles. The normalized spacial score (nSPS) is 12.0. The van der Waals surface area contributed by atoms with Crippen molar-refractivity contribution in [2.45, 2.75) is 26.3 Å². The lowest BCUT2D eigenvalue weighted by atomic mass is 9.97. The zero-order valence-electron chi connectivity index (χ0n) is 12.8. The molecular weight excluding hydrogens is 258 g/mol. The average molecular weight is 279 g/mol. The third-order valence-corrected chi connectivity index (χ3v) is 3.01. The van der Waals surface area contributed by atoms with Gasteiger partial charge in [0, 0.05) is 22.9 Å². The van der Waals surface area contributed by atoms with Crippen LogP contribution in [0, 0.1) is 0 Å². The van der Waals surface area contributed by atoms with Gasteiger partial charge in [-0.15, -0.1) is 0 Å². The first-order valence-corrected chi connectivity index (χ1v) is 7.10. The molecule has 2 aromatic rings. The summed E-state index contributed by atoms with van der Waals surface area (Å²) in [6.45, 7) is 6.21. The summed E-state index contributed by atoms with van der Waals surface area (Å²) >= 11 is 0. The van der Waals surface area contributed by atoms with E-state index in [1.807, 2.05) is 66.9 Å². The van der Waals surface area contributed by atoms with Gasteiger partial charge >= 0.3 is 0 Å². The number of Topliss-reactive ketones (excluding diaryl/α,β-unsaturated/α-hetero) is 1. The number of carbonyl (C=O) groups excluding carboxylic acids is 1. The van der Waals surface area contributed by atoms with Crippen molar-refractivity contribution in [3.05, 3.63) is 78.0 Å². The van der Waals surface area contributed by atoms with Crippen LogP contribution in [0.15, 0.2) is 66.9 Å². The van der Waals surface area contributed by atoms with Gasteiger partial charge in [0.15, 0.2) is 5.78 Å². The van der Waals surface area contributed by atoms with Crippen LogP contribution in [0.1, 0.15) is 36.7 Å². The Morgan fingerprint density at radius 1 is 0.857 bits per heavy atom. The highest BCUT2D eigenvalue weighted by Gasteiger charge is 2.15. The summed E-state index contributed by atoms with van der Waals surface area (Å²) < 4.78 is 0. The van der Waals surface area contributed by atoms with Gasteiger partial charge in [-0.2, -0.15) is 0 Å². The second kappa shape index (κ2) is 6.40. The second-order valence-electron chi connectivity index (χ2n) is 6.01. The summed E-state index contributed by atoms with van der Waals surface area (Å²) in [6, 6.07) is 19.1. The topological polar surface area (TPSA) is 29.1 Å². The molecule has 0 radical (unpaired) electrons. The summed E-state index contributed by atoms with van der Waals surface area (Å²) in [5.74, 6) is 0.0264. The monoisotopic (exact) mass is 279 g/mol. The van der Waals surface area contributed by atoms with Crippen LogP contribution in [0.4, 0.5) is 0 Å². The molecule has 0 amide bonds. The fraction of sp³-hybridized carbons (Fsp3) is 0.211. The molecule has 0 aliphatic heterocycles. The van der Waals surface area contributed by atoms with E-state index >= 15 is 0 Å². The minimum Gasteiger partial charge on any atom is -0.386 e. The molecule has 0 fully saturated rings. The van der Waals surface area contributed by atoms with Gasteiger partial charge in [0.05, 0.1) is 0 Å². The molecule has 108 valence electrons. The van der Waals surface area contributed by atoms with Crippen LogP contribution in [0.5, 0.6) is 0 Å². The first kappa shape index (κ1) is 15.0. The molecule has 0 spiro atoms. The zero-order chi connectivity index (χ0) is 15.3. The minimum absolute atomic E-state index is 0.0264. The molecule has 1 N–H and O–H groups in total. The number of hydrogen-bond acceptors (Lipinski definition) is 2. The second-order valence-corrected chi connectivity index (χ2v) is 6.01. The molecule has 0 saturated carbocycles. The maximum absolute atomic E-state index is 12.8. The van der Waals surface area contributed by atoms with Crippen molar-refractivity contribution in [1.29, 1.82) is 0 Å². The van der Waals surface area contributed by atoms with E-state index in [4.69, 9.17) is 0 Å². The Bertz CT molecular complexity index is 622. The van der Waals surface area contributed by atoms with Crippen molar-refractivity contribution in [3.8, 4) is 0 Å². The Morgan fingerprint density at radius 2 is 1.33 bits per heavy atom. The van der Waals surface area contributed by atoms with Gasteiger partial charge in [0.25, 0.3) is 0 Å². The molecule has 0 atom stereocenters. The Labute approximate surface area is 126 Å². The Hall–Kier alpha value is -2.35. The third-order valence-electron chi connectivity index (χ3n) is 3.01. The molecule has 2 aromatic carbocycles. The highest BCUT2D eigenvalue weighted by Crippen LogP contribution is 2.19. The van der Waals surface area contributed by atoms with Crippen molar-refractivity contribution >= 4 is 11.4 Å². The number of nitrogens with one attached hydrogen (secondary N) is 1. The lowest BCUT2D eigenvalue weighted by Gasteiger charge is -2.20. The van der Waals surface area contributed by atoms with Crippen LogP contribution in [0.2, 0.25) is 0 Å². The zero-order valence-corrected chi connectivity index (χ0v) is 12.8. The average Bonchev–Trinajstić information content (AvgIpc) is 2.48. The van der Waals surface area contributed by atoms with Gasteiger partial charge in [0.1, 0.15) is 0 Å². The van der Waals surface area contributed by atoms with Crippen LogP contribution in [-0.2, 0) is 0 Å². The van der Waals surface area contributed by atoms with Crippen LogP contribution >= 0.6 is 0 Å². The molecule has 0 unspecified atom stereocenters. The predicted octanol–water partition coefficient (Wildman–Crippen LogP) is 4.30. The molecule has 2 rings (SSSR count). The van der Waals surface area contributed by atoms with Crippen LogP contribution in [0.3, 0.4) is 0 Å². The van der Waals surface area contributed by atoms with Gasteiger partial charge in [0.2, 0.25) is 0 Å². The van der Waals surface area contributed by atoms with Crippen molar-refractivity contribution in [2.75, 3.05) is 0 Å². The molecule has 0 bridgehead atoms. The molecule has 0 saturated heterocycles. The summed E-state index contributed by atoms with van der Waals surface area (Å²) in [5.41, 5.74) is 2.21. The third kappa shape index (κ3) is 4.32. The summed E-state index contributed by atoms with van der Waals surface area (Å²) in [5, 5.41) is 3.29. The van der Waals surface area contributed by atoms with E-state index in [-0.39, 0.29) is 11.3 Å². The smallest absolute Gasteiger partial charge is 0.195 e. The standard InChI is InChI=1S/C19H21NO/c1-19(2,3)20-14-17(15-10-6-4-7-11-15)18(21)16-12-8-5-9-13-16/h4-14,20H,1-3H3/b17-14-. The number of allylic oxidation sites excluding steroid dienone is 1. The van der Waals surface area contributed by atoms with Crippen molar-refractivity contribution in [3.63, 3.8) is 0 Å². The van der Waals surface area contributed by atoms with E-state index in [0.29, 0.717) is 11.1 Å².